The van der Waals surface area contributed by atoms with Gasteiger partial charge in [0.25, 0.3) is 5.91 Å². The van der Waals surface area contributed by atoms with E-state index in [9.17, 15) is 4.79 Å². The molecule has 0 aliphatic carbocycles. The van der Waals surface area contributed by atoms with Crippen LogP contribution < -0.4 is 5.73 Å². The highest BCUT2D eigenvalue weighted by atomic mass is 32.2. The third-order valence-corrected chi connectivity index (χ3v) is 3.88. The highest BCUT2D eigenvalue weighted by Crippen LogP contribution is 2.30. The average Bonchev–Trinajstić information content (AvgIpc) is 2.67. The van der Waals surface area contributed by atoms with E-state index in [2.05, 4.69) is 50.2 Å². The number of hydrogen-bond acceptors (Lipinski definition) is 3. The molecule has 0 bridgehead atoms. The van der Waals surface area contributed by atoms with Crippen LogP contribution in [0.3, 0.4) is 0 Å². The number of rotatable bonds is 1. The van der Waals surface area contributed by atoms with Gasteiger partial charge < -0.3 is 10.3 Å². The van der Waals surface area contributed by atoms with Crippen LogP contribution in [0.5, 0.6) is 0 Å². The summed E-state index contributed by atoms with van der Waals surface area (Å²) in [6, 6.07) is 2.09. The Morgan fingerprint density at radius 1 is 1.37 bits per heavy atom. The first-order chi connectivity index (χ1) is 8.70. The third-order valence-electron chi connectivity index (χ3n) is 3.06. The van der Waals surface area contributed by atoms with E-state index in [0.717, 1.165) is 11.3 Å². The quantitative estimate of drug-likeness (QED) is 0.803. The number of aryl methyl sites for hydroxylation is 1. The van der Waals surface area contributed by atoms with Crippen LogP contribution in [-0.2, 0) is 10.3 Å². The van der Waals surface area contributed by atoms with Crippen molar-refractivity contribution in [3.8, 4) is 0 Å². The summed E-state index contributed by atoms with van der Waals surface area (Å²) < 4.78 is 2.27. The van der Waals surface area contributed by atoms with E-state index in [1.54, 1.807) is 0 Å². The molecule has 1 aromatic heterocycles. The van der Waals surface area contributed by atoms with Gasteiger partial charge in [-0.3, -0.25) is 4.79 Å². The summed E-state index contributed by atoms with van der Waals surface area (Å²) in [7, 11) is 0. The normalized spacial score (nSPS) is 18.3. The molecule has 0 spiro atoms. The van der Waals surface area contributed by atoms with Gasteiger partial charge in [-0.2, -0.15) is 4.99 Å². The second kappa shape index (κ2) is 4.56. The van der Waals surface area contributed by atoms with Crippen LogP contribution in [0.4, 0.5) is 0 Å². The number of nitrogens with two attached hydrogens (primary N) is 1. The number of carbonyl (C=O) groups is 1. The Labute approximate surface area is 117 Å². The molecule has 19 heavy (non-hydrogen) atoms. The Kier molecular flexibility index (Phi) is 3.34. The predicted molar refractivity (Wildman–Crippen MR) is 81.1 cm³/mol. The summed E-state index contributed by atoms with van der Waals surface area (Å²) in [5.41, 5.74) is 8.96. The van der Waals surface area contributed by atoms with E-state index in [4.69, 9.17) is 5.73 Å². The summed E-state index contributed by atoms with van der Waals surface area (Å²) >= 11 is 1.23. The van der Waals surface area contributed by atoms with E-state index < -0.39 is 0 Å². The number of carbonyl (C=O) groups excluding carboxylic acids is 1. The summed E-state index contributed by atoms with van der Waals surface area (Å²) in [4.78, 5) is 15.9. The van der Waals surface area contributed by atoms with Crippen molar-refractivity contribution >= 4 is 28.9 Å². The highest BCUT2D eigenvalue weighted by molar-refractivity contribution is 8.18. The number of aromatic nitrogens is 1. The van der Waals surface area contributed by atoms with Crippen molar-refractivity contribution in [2.24, 2.45) is 10.7 Å². The van der Waals surface area contributed by atoms with E-state index in [0.29, 0.717) is 10.1 Å². The molecule has 2 rings (SSSR count). The minimum Gasteiger partial charge on any atom is -0.378 e. The molecule has 0 fully saturated rings. The SMILES string of the molecule is Cc1cc(C=C2SC(N)=NC2=O)c(C)n1C(C)(C)C. The molecular weight excluding hydrogens is 258 g/mol. The fourth-order valence-electron chi connectivity index (χ4n) is 2.53. The van der Waals surface area contributed by atoms with Gasteiger partial charge in [0.1, 0.15) is 0 Å². The van der Waals surface area contributed by atoms with E-state index in [-0.39, 0.29) is 11.4 Å². The van der Waals surface area contributed by atoms with Gasteiger partial charge >= 0.3 is 0 Å². The molecule has 5 heteroatoms. The van der Waals surface area contributed by atoms with Crippen molar-refractivity contribution in [3.63, 3.8) is 0 Å². The summed E-state index contributed by atoms with van der Waals surface area (Å²) in [5.74, 6) is -0.247. The molecule has 2 N–H and O–H groups in total. The fraction of sp³-hybridized carbons (Fsp3) is 0.429. The van der Waals surface area contributed by atoms with E-state index in [1.165, 1.54) is 17.5 Å². The van der Waals surface area contributed by atoms with Crippen LogP contribution in [0.1, 0.15) is 37.7 Å². The Morgan fingerprint density at radius 2 is 2.00 bits per heavy atom. The molecule has 1 aliphatic heterocycles. The maximum atomic E-state index is 11.6. The van der Waals surface area contributed by atoms with Gasteiger partial charge in [-0.15, -0.1) is 0 Å². The predicted octanol–water partition coefficient (Wildman–Crippen LogP) is 2.79. The topological polar surface area (TPSA) is 60.4 Å². The minimum absolute atomic E-state index is 0.0211. The summed E-state index contributed by atoms with van der Waals surface area (Å²) in [5, 5.41) is 0.320. The lowest BCUT2D eigenvalue weighted by Crippen LogP contribution is -2.24. The molecule has 0 aromatic carbocycles. The number of amides is 1. The molecule has 1 amide bonds. The van der Waals surface area contributed by atoms with Gasteiger partial charge in [-0.25, -0.2) is 0 Å². The van der Waals surface area contributed by atoms with E-state index in [1.807, 2.05) is 6.08 Å². The molecule has 0 saturated heterocycles. The van der Waals surface area contributed by atoms with Crippen molar-refractivity contribution in [2.75, 3.05) is 0 Å². The smallest absolute Gasteiger partial charge is 0.286 e. The van der Waals surface area contributed by atoms with Crippen molar-refractivity contribution in [1.29, 1.82) is 0 Å². The zero-order chi connectivity index (χ0) is 14.4. The molecule has 102 valence electrons. The molecule has 0 atom stereocenters. The first kappa shape index (κ1) is 13.9. The van der Waals surface area contributed by atoms with Crippen molar-refractivity contribution in [3.05, 3.63) is 27.9 Å². The number of hydrogen-bond donors (Lipinski definition) is 1. The van der Waals surface area contributed by atoms with Crippen LogP contribution in [-0.4, -0.2) is 15.6 Å². The first-order valence-electron chi connectivity index (χ1n) is 6.17. The Morgan fingerprint density at radius 3 is 2.42 bits per heavy atom. The summed E-state index contributed by atoms with van der Waals surface area (Å²) in [6.45, 7) is 10.6. The summed E-state index contributed by atoms with van der Waals surface area (Å²) in [6.07, 6.45) is 1.88. The zero-order valence-electron chi connectivity index (χ0n) is 11.9. The highest BCUT2D eigenvalue weighted by Gasteiger charge is 2.22. The number of amidine groups is 1. The van der Waals surface area contributed by atoms with Crippen LogP contribution in [0.15, 0.2) is 16.0 Å². The maximum Gasteiger partial charge on any atom is 0.286 e. The molecule has 1 aliphatic rings. The van der Waals surface area contributed by atoms with Crippen LogP contribution in [0, 0.1) is 13.8 Å². The van der Waals surface area contributed by atoms with Gasteiger partial charge in [-0.1, -0.05) is 0 Å². The lowest BCUT2D eigenvalue weighted by atomic mass is 10.1. The van der Waals surface area contributed by atoms with Crippen LogP contribution in [0.2, 0.25) is 0 Å². The second-order valence-corrected chi connectivity index (χ2v) is 6.76. The lowest BCUT2D eigenvalue weighted by Gasteiger charge is -2.25. The number of aliphatic imine (C=N–C) groups is 1. The van der Waals surface area contributed by atoms with Gasteiger partial charge in [-0.05, 0) is 64.1 Å². The second-order valence-electron chi connectivity index (χ2n) is 5.70. The lowest BCUT2D eigenvalue weighted by molar-refractivity contribution is -0.113. The van der Waals surface area contributed by atoms with Gasteiger partial charge in [0, 0.05) is 16.9 Å². The molecule has 1 aromatic rings. The van der Waals surface area contributed by atoms with Crippen molar-refractivity contribution in [1.82, 2.24) is 4.57 Å². The van der Waals surface area contributed by atoms with Gasteiger partial charge in [0.05, 0.1) is 4.91 Å². The maximum absolute atomic E-state index is 11.6. The molecule has 0 unspecified atom stereocenters. The van der Waals surface area contributed by atoms with Crippen LogP contribution in [0.25, 0.3) is 6.08 Å². The molecule has 2 heterocycles. The minimum atomic E-state index is -0.247. The monoisotopic (exact) mass is 277 g/mol. The molecule has 0 saturated carbocycles. The Balaban J connectivity index is 2.44. The van der Waals surface area contributed by atoms with Crippen LogP contribution >= 0.6 is 11.8 Å². The Bertz CT molecular complexity index is 603. The van der Waals surface area contributed by atoms with Gasteiger partial charge in [0.15, 0.2) is 5.17 Å². The molecular formula is C14H19N3OS. The Hall–Kier alpha value is -1.49. The van der Waals surface area contributed by atoms with Crippen molar-refractivity contribution < 1.29 is 4.79 Å². The standard InChI is InChI=1S/C14H19N3OS/c1-8-6-10(9(2)17(8)14(3,4)5)7-11-12(18)16-13(15)19-11/h6-7H,1-5H3,(H2,15,16,18). The van der Waals surface area contributed by atoms with Crippen molar-refractivity contribution in [2.45, 2.75) is 40.2 Å². The molecule has 0 radical (unpaired) electrons. The third kappa shape index (κ3) is 2.61. The largest absolute Gasteiger partial charge is 0.378 e. The molecule has 4 nitrogen and oxygen atoms in total. The van der Waals surface area contributed by atoms with Gasteiger partial charge in [0.2, 0.25) is 0 Å². The number of thioether (sulfide) groups is 1. The number of nitrogens with zero attached hydrogens (tertiary/aromatic N) is 2. The average molecular weight is 277 g/mol. The fourth-order valence-corrected chi connectivity index (χ4v) is 3.21. The van der Waals surface area contributed by atoms with E-state index >= 15 is 0 Å². The zero-order valence-corrected chi connectivity index (χ0v) is 12.8. The first-order valence-corrected chi connectivity index (χ1v) is 6.99.